The molecule has 0 radical (unpaired) electrons. The van der Waals surface area contributed by atoms with Crippen molar-refractivity contribution in [3.05, 3.63) is 66.5 Å². The van der Waals surface area contributed by atoms with Crippen molar-refractivity contribution in [2.45, 2.75) is 52.4 Å². The lowest BCUT2D eigenvalue weighted by Crippen LogP contribution is -2.49. The van der Waals surface area contributed by atoms with Gasteiger partial charge in [0.2, 0.25) is 5.72 Å². The number of fused-ring (bicyclic) bond motifs is 6. The Labute approximate surface area is 166 Å². The van der Waals surface area contributed by atoms with Gasteiger partial charge in [-0.05, 0) is 39.8 Å². The first-order valence-electron chi connectivity index (χ1n) is 9.55. The summed E-state index contributed by atoms with van der Waals surface area (Å²) < 4.78 is 10.7. The molecule has 28 heavy (non-hydrogen) atoms. The van der Waals surface area contributed by atoms with E-state index in [4.69, 9.17) is 9.73 Å². The average Bonchev–Trinajstić information content (AvgIpc) is 3.11. The summed E-state index contributed by atoms with van der Waals surface area (Å²) in [5.74, 6) is 0.815. The fourth-order valence-electron chi connectivity index (χ4n) is 4.30. The van der Waals surface area contributed by atoms with Crippen molar-refractivity contribution in [1.29, 1.82) is 0 Å². The van der Waals surface area contributed by atoms with E-state index in [9.17, 15) is 4.79 Å². The van der Waals surface area contributed by atoms with E-state index in [1.807, 2.05) is 60.4 Å². The zero-order chi connectivity index (χ0) is 19.6. The van der Waals surface area contributed by atoms with Crippen LogP contribution in [0.25, 0.3) is 6.08 Å². The maximum absolute atomic E-state index is 13.3. The summed E-state index contributed by atoms with van der Waals surface area (Å²) in [4.78, 5) is 18.9. The average molecular weight is 395 g/mol. The van der Waals surface area contributed by atoms with Crippen LogP contribution in [-0.4, -0.2) is 20.1 Å². The molecule has 144 valence electrons. The number of benzene rings is 1. The lowest BCUT2D eigenvalue weighted by molar-refractivity contribution is 0.0410. The summed E-state index contributed by atoms with van der Waals surface area (Å²) in [5, 5.41) is 4.57. The van der Waals surface area contributed by atoms with E-state index in [0.717, 1.165) is 39.6 Å². The van der Waals surface area contributed by atoms with Crippen molar-refractivity contribution < 1.29 is 4.74 Å². The summed E-state index contributed by atoms with van der Waals surface area (Å²) in [5.41, 5.74) is 3.46. The van der Waals surface area contributed by atoms with Gasteiger partial charge in [0.15, 0.2) is 4.80 Å². The molecule has 0 fully saturated rings. The molecular weight excluding hydrogens is 372 g/mol. The Morgan fingerprint density at radius 1 is 1.36 bits per heavy atom. The number of thiazole rings is 1. The molecule has 0 amide bonds. The van der Waals surface area contributed by atoms with Gasteiger partial charge in [-0.1, -0.05) is 29.5 Å². The highest BCUT2D eigenvalue weighted by Crippen LogP contribution is 2.42. The first-order valence-corrected chi connectivity index (χ1v) is 10.4. The molecule has 2 bridgehead atoms. The van der Waals surface area contributed by atoms with Gasteiger partial charge < -0.3 is 4.74 Å². The molecule has 7 heteroatoms. The molecule has 0 spiro atoms. The lowest BCUT2D eigenvalue weighted by Gasteiger charge is -2.39. The zero-order valence-electron chi connectivity index (χ0n) is 16.4. The smallest absolute Gasteiger partial charge is 0.270 e. The molecule has 2 atom stereocenters. The van der Waals surface area contributed by atoms with Crippen molar-refractivity contribution in [2.75, 3.05) is 0 Å². The van der Waals surface area contributed by atoms with Crippen molar-refractivity contribution in [2.24, 2.45) is 4.99 Å². The van der Waals surface area contributed by atoms with Gasteiger partial charge in [-0.15, -0.1) is 0 Å². The molecule has 6 nitrogen and oxygen atoms in total. The van der Waals surface area contributed by atoms with Crippen LogP contribution in [0.4, 0.5) is 0 Å². The summed E-state index contributed by atoms with van der Waals surface area (Å²) >= 11 is 1.43. The molecule has 0 N–H and O–H groups in total. The maximum atomic E-state index is 13.3. The molecule has 0 saturated carbocycles. The van der Waals surface area contributed by atoms with Gasteiger partial charge in [0, 0.05) is 29.8 Å². The van der Waals surface area contributed by atoms with Crippen LogP contribution in [0.5, 0.6) is 5.75 Å². The van der Waals surface area contributed by atoms with Gasteiger partial charge in [0.1, 0.15) is 5.75 Å². The van der Waals surface area contributed by atoms with Crippen molar-refractivity contribution in [3.8, 4) is 5.75 Å². The first kappa shape index (κ1) is 17.4. The molecule has 5 rings (SSSR count). The second-order valence-corrected chi connectivity index (χ2v) is 8.62. The molecular formula is C21H22N4O2S. The number of ether oxygens (including phenoxy) is 1. The molecule has 0 saturated heterocycles. The van der Waals surface area contributed by atoms with Crippen LogP contribution in [0.15, 0.2) is 34.1 Å². The number of aromatic nitrogens is 3. The van der Waals surface area contributed by atoms with E-state index in [1.165, 1.54) is 11.3 Å². The van der Waals surface area contributed by atoms with Gasteiger partial charge in [0.05, 0.1) is 16.3 Å². The maximum Gasteiger partial charge on any atom is 0.270 e. The summed E-state index contributed by atoms with van der Waals surface area (Å²) in [7, 11) is 0. The Bertz CT molecular complexity index is 1280. The van der Waals surface area contributed by atoms with Gasteiger partial charge in [-0.3, -0.25) is 14.0 Å². The standard InChI is InChI=1S/C21H22N4O2S/c1-5-24-13(3)15(12(2)23-24)10-18-19(26)25-16-11-21(4,22-20(25)28-18)27-17-9-7-6-8-14(16)17/h6-10,16H,5,11H2,1-4H3/b18-10-/t16-,21-/m0/s1. The number of para-hydroxylation sites is 1. The van der Waals surface area contributed by atoms with Gasteiger partial charge >= 0.3 is 0 Å². The van der Waals surface area contributed by atoms with Crippen LogP contribution < -0.4 is 19.6 Å². The van der Waals surface area contributed by atoms with E-state index >= 15 is 0 Å². The van der Waals surface area contributed by atoms with E-state index in [-0.39, 0.29) is 11.6 Å². The Morgan fingerprint density at radius 2 is 2.14 bits per heavy atom. The minimum absolute atomic E-state index is 0.00977. The highest BCUT2D eigenvalue weighted by molar-refractivity contribution is 7.07. The second-order valence-electron chi connectivity index (χ2n) is 7.62. The van der Waals surface area contributed by atoms with Crippen LogP contribution >= 0.6 is 11.3 Å². The van der Waals surface area contributed by atoms with E-state index < -0.39 is 5.72 Å². The van der Waals surface area contributed by atoms with Gasteiger partial charge in [0.25, 0.3) is 5.56 Å². The van der Waals surface area contributed by atoms with Gasteiger partial charge in [-0.25, -0.2) is 4.99 Å². The Kier molecular flexibility index (Phi) is 3.68. The minimum Gasteiger partial charge on any atom is -0.466 e. The molecule has 2 aromatic heterocycles. The summed E-state index contributed by atoms with van der Waals surface area (Å²) in [6, 6.07) is 7.90. The van der Waals surface area contributed by atoms with Crippen LogP contribution in [-0.2, 0) is 6.54 Å². The largest absolute Gasteiger partial charge is 0.466 e. The number of hydrogen-bond donors (Lipinski definition) is 0. The monoisotopic (exact) mass is 394 g/mol. The van der Waals surface area contributed by atoms with Crippen LogP contribution in [0.3, 0.4) is 0 Å². The third-order valence-electron chi connectivity index (χ3n) is 5.67. The van der Waals surface area contributed by atoms with Crippen LogP contribution in [0.2, 0.25) is 0 Å². The lowest BCUT2D eigenvalue weighted by atomic mass is 9.93. The highest BCUT2D eigenvalue weighted by atomic mass is 32.1. The Hall–Kier alpha value is -2.67. The van der Waals surface area contributed by atoms with E-state index in [0.29, 0.717) is 11.0 Å². The third kappa shape index (κ3) is 2.42. The zero-order valence-corrected chi connectivity index (χ0v) is 17.2. The first-order chi connectivity index (χ1) is 13.4. The SMILES string of the molecule is CCn1nc(C)c(/C=c2\sc3n(c2=O)[C@H]2C[C@@](C)(N=3)Oc3ccccc32)c1C. The Morgan fingerprint density at radius 3 is 2.89 bits per heavy atom. The number of hydrogen-bond acceptors (Lipinski definition) is 5. The molecule has 2 aliphatic heterocycles. The molecule has 0 aliphatic carbocycles. The second kappa shape index (κ2) is 5.91. The van der Waals surface area contributed by atoms with E-state index in [1.54, 1.807) is 0 Å². The fourth-order valence-corrected chi connectivity index (χ4v) is 5.40. The third-order valence-corrected chi connectivity index (χ3v) is 6.66. The Balaban J connectivity index is 1.76. The summed E-state index contributed by atoms with van der Waals surface area (Å²) in [6.07, 6.45) is 2.63. The number of nitrogens with zero attached hydrogens (tertiary/aromatic N) is 4. The fraction of sp³-hybridized carbons (Fsp3) is 0.381. The molecule has 1 aromatic carbocycles. The quantitative estimate of drug-likeness (QED) is 0.670. The molecule has 4 heterocycles. The van der Waals surface area contributed by atoms with Crippen molar-refractivity contribution in [3.63, 3.8) is 0 Å². The van der Waals surface area contributed by atoms with Gasteiger partial charge in [-0.2, -0.15) is 5.10 Å². The molecule has 3 aromatic rings. The predicted molar refractivity (Wildman–Crippen MR) is 109 cm³/mol. The normalized spacial score (nSPS) is 23.0. The molecule has 0 unspecified atom stereocenters. The van der Waals surface area contributed by atoms with Crippen LogP contribution in [0, 0.1) is 13.8 Å². The number of rotatable bonds is 2. The van der Waals surface area contributed by atoms with Crippen molar-refractivity contribution >= 4 is 17.4 Å². The highest BCUT2D eigenvalue weighted by Gasteiger charge is 2.42. The predicted octanol–water partition coefficient (Wildman–Crippen LogP) is 2.29. The van der Waals surface area contributed by atoms with Crippen LogP contribution in [0.1, 0.15) is 48.8 Å². The molecule has 2 aliphatic rings. The van der Waals surface area contributed by atoms with E-state index in [2.05, 4.69) is 12.0 Å². The summed E-state index contributed by atoms with van der Waals surface area (Å²) in [6.45, 7) is 8.90. The number of aryl methyl sites for hydroxylation is 2. The van der Waals surface area contributed by atoms with Crippen molar-refractivity contribution in [1.82, 2.24) is 14.3 Å². The topological polar surface area (TPSA) is 61.4 Å². The minimum atomic E-state index is -0.632.